The molecular weight excluding hydrogens is 328 g/mol. The van der Waals surface area contributed by atoms with Crippen LogP contribution in [-0.4, -0.2) is 52.9 Å². The van der Waals surface area contributed by atoms with E-state index in [-0.39, 0.29) is 17.9 Å². The molecule has 1 atom stereocenters. The van der Waals surface area contributed by atoms with Crippen molar-refractivity contribution < 1.29 is 9.59 Å². The highest BCUT2D eigenvalue weighted by Crippen LogP contribution is 2.22. The molecule has 0 aromatic carbocycles. The van der Waals surface area contributed by atoms with Gasteiger partial charge in [-0.2, -0.15) is 0 Å². The van der Waals surface area contributed by atoms with Gasteiger partial charge in [0.2, 0.25) is 5.91 Å². The van der Waals surface area contributed by atoms with Crippen LogP contribution in [0.2, 0.25) is 0 Å². The van der Waals surface area contributed by atoms with Crippen molar-refractivity contribution >= 4 is 11.9 Å². The van der Waals surface area contributed by atoms with Crippen LogP contribution < -0.4 is 5.32 Å². The Morgan fingerprint density at radius 3 is 2.77 bits per heavy atom. The molecule has 2 aliphatic rings. The fourth-order valence-electron chi connectivity index (χ4n) is 4.01. The van der Waals surface area contributed by atoms with Gasteiger partial charge in [-0.05, 0) is 49.8 Å². The van der Waals surface area contributed by atoms with Crippen LogP contribution in [0.25, 0.3) is 0 Å². The third kappa shape index (κ3) is 4.54. The first-order valence-corrected chi connectivity index (χ1v) is 9.74. The van der Waals surface area contributed by atoms with Crippen LogP contribution in [0.15, 0.2) is 18.5 Å². The SMILES string of the molecule is Cc1ccncc1CN(C)C(=O)C1CCCN(C(=O)NC2CCCC2)C1. The van der Waals surface area contributed by atoms with E-state index in [1.807, 2.05) is 31.1 Å². The number of aryl methyl sites for hydroxylation is 1. The highest BCUT2D eigenvalue weighted by atomic mass is 16.2. The molecule has 1 aliphatic heterocycles. The van der Waals surface area contributed by atoms with E-state index in [1.165, 1.54) is 12.8 Å². The number of amides is 3. The highest BCUT2D eigenvalue weighted by Gasteiger charge is 2.31. The third-order valence-electron chi connectivity index (χ3n) is 5.67. The van der Waals surface area contributed by atoms with E-state index in [2.05, 4.69) is 10.3 Å². The zero-order valence-electron chi connectivity index (χ0n) is 15.9. The predicted octanol–water partition coefficient (Wildman–Crippen LogP) is 2.71. The molecular formula is C20H30N4O2. The Morgan fingerprint density at radius 1 is 1.27 bits per heavy atom. The number of piperidine rings is 1. The normalized spacial score (nSPS) is 20.8. The number of carbonyl (C=O) groups excluding carboxylic acids is 2. The van der Waals surface area contributed by atoms with Crippen LogP contribution in [0.3, 0.4) is 0 Å². The number of nitrogens with one attached hydrogen (secondary N) is 1. The van der Waals surface area contributed by atoms with E-state index in [4.69, 9.17) is 0 Å². The van der Waals surface area contributed by atoms with Gasteiger partial charge >= 0.3 is 6.03 Å². The van der Waals surface area contributed by atoms with Gasteiger partial charge < -0.3 is 15.1 Å². The minimum absolute atomic E-state index is 0.000145. The van der Waals surface area contributed by atoms with Crippen molar-refractivity contribution in [3.05, 3.63) is 29.6 Å². The lowest BCUT2D eigenvalue weighted by molar-refractivity contribution is -0.136. The van der Waals surface area contributed by atoms with Gasteiger partial charge in [-0.3, -0.25) is 9.78 Å². The summed E-state index contributed by atoms with van der Waals surface area (Å²) in [5.41, 5.74) is 2.20. The molecule has 1 N–H and O–H groups in total. The smallest absolute Gasteiger partial charge is 0.317 e. The van der Waals surface area contributed by atoms with Gasteiger partial charge in [-0.15, -0.1) is 0 Å². The molecule has 0 spiro atoms. The topological polar surface area (TPSA) is 65.5 Å². The molecule has 1 saturated carbocycles. The molecule has 3 amide bonds. The summed E-state index contributed by atoms with van der Waals surface area (Å²) < 4.78 is 0. The van der Waals surface area contributed by atoms with Gasteiger partial charge in [-0.25, -0.2) is 4.79 Å². The van der Waals surface area contributed by atoms with Gasteiger partial charge in [0.05, 0.1) is 5.92 Å². The number of nitrogens with zero attached hydrogens (tertiary/aromatic N) is 3. The molecule has 1 aliphatic carbocycles. The molecule has 1 aromatic heterocycles. The highest BCUT2D eigenvalue weighted by molar-refractivity contribution is 5.81. The molecule has 3 rings (SSSR count). The number of rotatable bonds is 4. The molecule has 2 fully saturated rings. The minimum atomic E-state index is -0.111. The quantitative estimate of drug-likeness (QED) is 0.900. The van der Waals surface area contributed by atoms with E-state index < -0.39 is 0 Å². The molecule has 6 nitrogen and oxygen atoms in total. The standard InChI is InChI=1S/C20H30N4O2/c1-15-9-10-21-12-17(15)13-23(2)19(25)16-6-5-11-24(14-16)20(26)22-18-7-3-4-8-18/h9-10,12,16,18H,3-8,11,13-14H2,1-2H3,(H,22,26). The Bertz CT molecular complexity index is 642. The summed E-state index contributed by atoms with van der Waals surface area (Å²) in [6.07, 6.45) is 9.88. The van der Waals surface area contributed by atoms with Crippen molar-refractivity contribution in [3.63, 3.8) is 0 Å². The number of aromatic nitrogens is 1. The number of pyridine rings is 1. The molecule has 1 unspecified atom stereocenters. The van der Waals surface area contributed by atoms with Crippen molar-refractivity contribution in [2.45, 2.75) is 58.0 Å². The lowest BCUT2D eigenvalue weighted by atomic mass is 9.96. The van der Waals surface area contributed by atoms with E-state index >= 15 is 0 Å². The van der Waals surface area contributed by atoms with Crippen molar-refractivity contribution in [2.24, 2.45) is 5.92 Å². The van der Waals surface area contributed by atoms with Crippen molar-refractivity contribution in [3.8, 4) is 0 Å². The van der Waals surface area contributed by atoms with Crippen LogP contribution in [0.5, 0.6) is 0 Å². The fraction of sp³-hybridized carbons (Fsp3) is 0.650. The molecule has 2 heterocycles. The average molecular weight is 358 g/mol. The van der Waals surface area contributed by atoms with Crippen LogP contribution in [0, 0.1) is 12.8 Å². The summed E-state index contributed by atoms with van der Waals surface area (Å²) in [5, 5.41) is 3.14. The molecule has 26 heavy (non-hydrogen) atoms. The average Bonchev–Trinajstić information content (AvgIpc) is 3.16. The summed E-state index contributed by atoms with van der Waals surface area (Å²) in [6, 6.07) is 2.28. The summed E-state index contributed by atoms with van der Waals surface area (Å²) in [6.45, 7) is 3.86. The summed E-state index contributed by atoms with van der Waals surface area (Å²) >= 11 is 0. The Hall–Kier alpha value is -2.11. The number of hydrogen-bond acceptors (Lipinski definition) is 3. The van der Waals surface area contributed by atoms with Gasteiger partial charge in [0.1, 0.15) is 0 Å². The Kier molecular flexibility index (Phi) is 6.12. The Balaban J connectivity index is 1.55. The zero-order chi connectivity index (χ0) is 18.5. The monoisotopic (exact) mass is 358 g/mol. The summed E-state index contributed by atoms with van der Waals surface area (Å²) in [5.74, 6) is 0.00618. The number of hydrogen-bond donors (Lipinski definition) is 1. The lowest BCUT2D eigenvalue weighted by Crippen LogP contribution is -2.50. The van der Waals surface area contributed by atoms with Crippen LogP contribution in [-0.2, 0) is 11.3 Å². The predicted molar refractivity (Wildman–Crippen MR) is 101 cm³/mol. The number of carbonyl (C=O) groups is 2. The largest absolute Gasteiger partial charge is 0.341 e. The minimum Gasteiger partial charge on any atom is -0.341 e. The third-order valence-corrected chi connectivity index (χ3v) is 5.67. The van der Waals surface area contributed by atoms with E-state index in [9.17, 15) is 9.59 Å². The molecule has 0 bridgehead atoms. The van der Waals surface area contributed by atoms with Crippen LogP contribution in [0.4, 0.5) is 4.79 Å². The molecule has 1 aromatic rings. The molecule has 0 radical (unpaired) electrons. The van der Waals surface area contributed by atoms with E-state index in [0.717, 1.165) is 43.4 Å². The number of likely N-dealkylation sites (tertiary alicyclic amines) is 1. The van der Waals surface area contributed by atoms with E-state index in [0.29, 0.717) is 19.1 Å². The van der Waals surface area contributed by atoms with Crippen molar-refractivity contribution in [1.29, 1.82) is 0 Å². The maximum absolute atomic E-state index is 12.9. The lowest BCUT2D eigenvalue weighted by Gasteiger charge is -2.34. The first-order valence-electron chi connectivity index (χ1n) is 9.74. The first kappa shape index (κ1) is 18.7. The zero-order valence-corrected chi connectivity index (χ0v) is 15.9. The molecule has 142 valence electrons. The van der Waals surface area contributed by atoms with E-state index in [1.54, 1.807) is 11.1 Å². The Labute approximate surface area is 156 Å². The molecule has 6 heteroatoms. The fourth-order valence-corrected chi connectivity index (χ4v) is 4.01. The molecule has 1 saturated heterocycles. The second-order valence-corrected chi connectivity index (χ2v) is 7.71. The summed E-state index contributed by atoms with van der Waals surface area (Å²) in [7, 11) is 1.84. The van der Waals surface area contributed by atoms with Crippen LogP contribution in [0.1, 0.15) is 49.7 Å². The van der Waals surface area contributed by atoms with Gasteiger partial charge in [0.25, 0.3) is 0 Å². The second kappa shape index (κ2) is 8.52. The van der Waals surface area contributed by atoms with Gasteiger partial charge in [0.15, 0.2) is 0 Å². The maximum Gasteiger partial charge on any atom is 0.317 e. The number of urea groups is 1. The maximum atomic E-state index is 12.9. The van der Waals surface area contributed by atoms with Crippen molar-refractivity contribution in [1.82, 2.24) is 20.1 Å². The summed E-state index contributed by atoms with van der Waals surface area (Å²) in [4.78, 5) is 33.1. The van der Waals surface area contributed by atoms with Crippen molar-refractivity contribution in [2.75, 3.05) is 20.1 Å². The van der Waals surface area contributed by atoms with Crippen LogP contribution >= 0.6 is 0 Å². The second-order valence-electron chi connectivity index (χ2n) is 7.71. The Morgan fingerprint density at radius 2 is 2.04 bits per heavy atom. The van der Waals surface area contributed by atoms with Gasteiger partial charge in [0, 0.05) is 45.1 Å². The first-order chi connectivity index (χ1) is 12.5. The van der Waals surface area contributed by atoms with Gasteiger partial charge in [-0.1, -0.05) is 12.8 Å².